The largest absolute Gasteiger partial charge is 1.00 e. The lowest BCUT2D eigenvalue weighted by molar-refractivity contribution is -0.939. The summed E-state index contributed by atoms with van der Waals surface area (Å²) < 4.78 is 34.4. The van der Waals surface area contributed by atoms with Gasteiger partial charge in [-0.1, -0.05) is 6.07 Å². The van der Waals surface area contributed by atoms with E-state index in [1.165, 1.54) is 12.7 Å². The van der Waals surface area contributed by atoms with Crippen molar-refractivity contribution in [3.8, 4) is 0 Å². The molecule has 36 heavy (non-hydrogen) atoms. The second-order valence-electron chi connectivity index (χ2n) is 9.96. The third kappa shape index (κ3) is 5.29. The molecule has 2 aromatic heterocycles. The van der Waals surface area contributed by atoms with Crippen molar-refractivity contribution in [3.05, 3.63) is 35.0 Å². The van der Waals surface area contributed by atoms with Crippen LogP contribution in [0.25, 0.3) is 0 Å². The van der Waals surface area contributed by atoms with Gasteiger partial charge in [-0.05, 0) is 17.9 Å². The predicted molar refractivity (Wildman–Crippen MR) is 121 cm³/mol. The quantitative estimate of drug-likeness (QED) is 0.327. The zero-order chi connectivity index (χ0) is 24.7. The number of thiophene rings is 1. The number of rotatable bonds is 7. The third-order valence-electron chi connectivity index (χ3n) is 7.73. The summed E-state index contributed by atoms with van der Waals surface area (Å²) in [6, 6.07) is 3.28. The molecule has 196 valence electrons. The molecule has 3 aliphatic heterocycles. The van der Waals surface area contributed by atoms with Crippen LogP contribution in [0.15, 0.2) is 30.2 Å². The highest BCUT2D eigenvalue weighted by Crippen LogP contribution is 2.49. The van der Waals surface area contributed by atoms with E-state index < -0.39 is 35.9 Å². The molecule has 4 fully saturated rings. The molecule has 1 aliphatic carbocycles. The number of amides is 1. The minimum Gasteiger partial charge on any atom is -1.00 e. The molecule has 3 atom stereocenters. The first kappa shape index (κ1) is 27.0. The number of piperidine rings is 3. The highest BCUT2D eigenvalue weighted by atomic mass is 79.9. The maximum Gasteiger partial charge on any atom is 0.344 e. The van der Waals surface area contributed by atoms with Crippen molar-refractivity contribution in [1.82, 2.24) is 15.0 Å². The Morgan fingerprint density at radius 3 is 2.58 bits per heavy atom. The Bertz CT molecular complexity index is 1070. The van der Waals surface area contributed by atoms with Crippen molar-refractivity contribution in [3.63, 3.8) is 0 Å². The summed E-state index contributed by atoms with van der Waals surface area (Å²) in [5.41, 5.74) is -2.11. The zero-order valence-corrected chi connectivity index (χ0v) is 21.9. The van der Waals surface area contributed by atoms with Crippen LogP contribution in [-0.4, -0.2) is 74.6 Å². The van der Waals surface area contributed by atoms with Crippen LogP contribution in [0.2, 0.25) is 0 Å². The molecule has 0 aromatic carbocycles. The topological polar surface area (TPSA) is 114 Å². The van der Waals surface area contributed by atoms with E-state index in [4.69, 9.17) is 4.74 Å². The SMILES string of the molecule is O=C(C[N+]12CCC(CC1)[C@@H](OC(=O)C(O)(c1cccs1)C1CCC(F)(F)C1)C2)Nc1ncncn1.[Br-]. The number of aliphatic hydroxyl groups is 1. The Labute approximate surface area is 221 Å². The molecular formula is C23H28BrF2N5O4S. The van der Waals surface area contributed by atoms with Gasteiger partial charge in [-0.3, -0.25) is 10.1 Å². The first-order valence-electron chi connectivity index (χ1n) is 11.8. The predicted octanol–water partition coefficient (Wildman–Crippen LogP) is -0.649. The number of aromatic nitrogens is 3. The van der Waals surface area contributed by atoms with Gasteiger partial charge in [0.05, 0.1) is 13.1 Å². The lowest BCUT2D eigenvalue weighted by Gasteiger charge is -2.51. The van der Waals surface area contributed by atoms with Crippen LogP contribution in [0, 0.1) is 11.8 Å². The molecule has 13 heteroatoms. The number of carbonyl (C=O) groups excluding carboxylic acids is 2. The highest BCUT2D eigenvalue weighted by molar-refractivity contribution is 7.10. The van der Waals surface area contributed by atoms with Crippen LogP contribution >= 0.6 is 11.3 Å². The fourth-order valence-corrected chi connectivity index (χ4v) is 6.74. The standard InChI is InChI=1S/C23H27F2N5O4S.BrH/c24-22(25)6-3-16(10-22)23(33,18-2-1-9-35-18)20(32)34-17-11-30(7-4-15(17)5-8-30)12-19(31)29-21-27-13-26-14-28-21;/h1-2,9,13-17,33H,3-8,10-12H2;1H/t15?,16?,17-,23?,30?;/m0./s1. The molecule has 2 N–H and O–H groups in total. The fraction of sp³-hybridized carbons (Fsp3) is 0.609. The van der Waals surface area contributed by atoms with Gasteiger partial charge in [-0.25, -0.2) is 28.5 Å². The molecule has 9 nitrogen and oxygen atoms in total. The van der Waals surface area contributed by atoms with Gasteiger partial charge in [0.2, 0.25) is 11.9 Å². The number of hydrogen-bond donors (Lipinski definition) is 2. The van der Waals surface area contributed by atoms with E-state index in [0.29, 0.717) is 15.9 Å². The van der Waals surface area contributed by atoms with Crippen molar-refractivity contribution in [2.24, 2.45) is 11.8 Å². The number of esters is 1. The molecule has 4 aliphatic rings. The number of fused-ring (bicyclic) bond motifs is 3. The van der Waals surface area contributed by atoms with Crippen molar-refractivity contribution < 1.29 is 49.7 Å². The Morgan fingerprint density at radius 2 is 1.97 bits per heavy atom. The van der Waals surface area contributed by atoms with Gasteiger partial charge in [0, 0.05) is 42.4 Å². The highest BCUT2D eigenvalue weighted by Gasteiger charge is 2.57. The van der Waals surface area contributed by atoms with Crippen molar-refractivity contribution in [1.29, 1.82) is 0 Å². The molecule has 5 heterocycles. The Balaban J connectivity index is 0.00000304. The zero-order valence-electron chi connectivity index (χ0n) is 19.5. The summed E-state index contributed by atoms with van der Waals surface area (Å²) >= 11 is 1.16. The number of ether oxygens (including phenoxy) is 1. The van der Waals surface area contributed by atoms with Gasteiger partial charge < -0.3 is 31.3 Å². The van der Waals surface area contributed by atoms with Gasteiger partial charge in [0.25, 0.3) is 5.91 Å². The molecule has 2 unspecified atom stereocenters. The Kier molecular flexibility index (Phi) is 7.75. The van der Waals surface area contributed by atoms with E-state index in [2.05, 4.69) is 20.3 Å². The molecule has 0 radical (unpaired) electrons. The van der Waals surface area contributed by atoms with Crippen LogP contribution in [0.1, 0.15) is 37.0 Å². The molecule has 2 aromatic rings. The fourth-order valence-electron chi connectivity index (χ4n) is 5.85. The molecule has 0 spiro atoms. The van der Waals surface area contributed by atoms with Crippen LogP contribution in [0.3, 0.4) is 0 Å². The molecule has 2 bridgehead atoms. The van der Waals surface area contributed by atoms with Crippen LogP contribution in [-0.2, 0) is 19.9 Å². The van der Waals surface area contributed by atoms with Crippen molar-refractivity contribution in [2.75, 3.05) is 31.5 Å². The summed E-state index contributed by atoms with van der Waals surface area (Å²) in [5.74, 6) is -4.65. The lowest BCUT2D eigenvalue weighted by atomic mass is 9.82. The van der Waals surface area contributed by atoms with Gasteiger partial charge >= 0.3 is 5.97 Å². The Hall–Kier alpha value is -2.09. The number of alkyl halides is 2. The van der Waals surface area contributed by atoms with E-state index in [-0.39, 0.29) is 54.1 Å². The minimum atomic E-state index is -2.91. The second kappa shape index (κ2) is 10.3. The van der Waals surface area contributed by atoms with Crippen molar-refractivity contribution >= 4 is 29.2 Å². The number of nitrogens with one attached hydrogen (secondary N) is 1. The average molecular weight is 588 g/mol. The lowest BCUT2D eigenvalue weighted by Crippen LogP contribution is -3.00. The minimum absolute atomic E-state index is 0. The van der Waals surface area contributed by atoms with E-state index in [1.807, 2.05) is 0 Å². The maximum absolute atomic E-state index is 14.0. The Morgan fingerprint density at radius 1 is 1.25 bits per heavy atom. The number of halogens is 3. The molecule has 3 saturated heterocycles. The number of anilines is 1. The first-order valence-corrected chi connectivity index (χ1v) is 12.7. The number of nitrogens with zero attached hydrogens (tertiary/aromatic N) is 4. The van der Waals surface area contributed by atoms with E-state index in [9.17, 15) is 23.5 Å². The van der Waals surface area contributed by atoms with E-state index in [1.54, 1.807) is 17.5 Å². The monoisotopic (exact) mass is 587 g/mol. The summed E-state index contributed by atoms with van der Waals surface area (Å²) in [5, 5.41) is 15.9. The summed E-state index contributed by atoms with van der Waals surface area (Å²) in [4.78, 5) is 38.0. The number of quaternary nitrogens is 1. The van der Waals surface area contributed by atoms with Crippen LogP contribution < -0.4 is 22.3 Å². The second-order valence-corrected chi connectivity index (χ2v) is 10.9. The van der Waals surface area contributed by atoms with Crippen molar-refractivity contribution in [2.45, 2.75) is 49.7 Å². The maximum atomic E-state index is 14.0. The molecular weight excluding hydrogens is 560 g/mol. The van der Waals surface area contributed by atoms with Gasteiger partial charge in [-0.15, -0.1) is 11.3 Å². The smallest absolute Gasteiger partial charge is 0.344 e. The normalized spacial score (nSPS) is 30.1. The molecule has 1 saturated carbocycles. The van der Waals surface area contributed by atoms with Crippen LogP contribution in [0.5, 0.6) is 0 Å². The van der Waals surface area contributed by atoms with Gasteiger partial charge in [0.15, 0.2) is 18.2 Å². The van der Waals surface area contributed by atoms with Crippen LogP contribution in [0.4, 0.5) is 14.7 Å². The average Bonchev–Trinajstić information content (AvgIpc) is 3.50. The third-order valence-corrected chi connectivity index (χ3v) is 8.72. The molecule has 6 rings (SSSR count). The summed E-state index contributed by atoms with van der Waals surface area (Å²) in [7, 11) is 0. The summed E-state index contributed by atoms with van der Waals surface area (Å²) in [6.07, 6.45) is 2.78. The number of hydrogen-bond acceptors (Lipinski definition) is 8. The van der Waals surface area contributed by atoms with Gasteiger partial charge in [-0.2, -0.15) is 0 Å². The van der Waals surface area contributed by atoms with Gasteiger partial charge in [0.1, 0.15) is 19.2 Å². The first-order chi connectivity index (χ1) is 16.7. The number of carbonyl (C=O) groups is 2. The summed E-state index contributed by atoms with van der Waals surface area (Å²) in [6.45, 7) is 2.15. The molecule has 1 amide bonds. The van der Waals surface area contributed by atoms with E-state index >= 15 is 0 Å². The van der Waals surface area contributed by atoms with E-state index in [0.717, 1.165) is 37.3 Å².